The number of nitrogens with two attached hydrogens (primary N) is 1. The van der Waals surface area contributed by atoms with Crippen LogP contribution in [0.15, 0.2) is 11.0 Å². The number of nitrogen functional groups attached to an aromatic ring is 1. The summed E-state index contributed by atoms with van der Waals surface area (Å²) in [6.07, 6.45) is 1.43. The molecule has 2 aromatic rings. The second kappa shape index (κ2) is 2.21. The van der Waals surface area contributed by atoms with E-state index in [0.29, 0.717) is 15.9 Å². The number of H-pyrrole nitrogens is 3. The number of hydrogen-bond acceptors (Lipinski definition) is 3. The van der Waals surface area contributed by atoms with Crippen molar-refractivity contribution in [1.82, 2.24) is 15.0 Å². The molecule has 2 aromatic heterocycles. The Morgan fingerprint density at radius 2 is 2.17 bits per heavy atom. The van der Waals surface area contributed by atoms with Gasteiger partial charge in [-0.3, -0.25) is 4.79 Å². The molecule has 0 aliphatic carbocycles. The van der Waals surface area contributed by atoms with E-state index < -0.39 is 0 Å². The standard InChI is InChI=1S/C6H6N4OS/c7-2-1-8-5-3(4(2)11)9-6(12)10-5/h1H,7H2,(H3,8,9,10,11,12). The Morgan fingerprint density at radius 1 is 1.42 bits per heavy atom. The fourth-order valence-corrected chi connectivity index (χ4v) is 1.23. The Hall–Kier alpha value is -1.56. The Kier molecular flexibility index (Phi) is 1.31. The van der Waals surface area contributed by atoms with Gasteiger partial charge < -0.3 is 20.7 Å². The predicted molar refractivity (Wildman–Crippen MR) is 48.5 cm³/mol. The lowest BCUT2D eigenvalue weighted by Crippen LogP contribution is -2.08. The van der Waals surface area contributed by atoms with E-state index in [2.05, 4.69) is 15.0 Å². The fraction of sp³-hybridized carbons (Fsp3) is 0. The van der Waals surface area contributed by atoms with E-state index >= 15 is 0 Å². The molecule has 62 valence electrons. The second-order valence-electron chi connectivity index (χ2n) is 2.40. The number of pyridine rings is 1. The van der Waals surface area contributed by atoms with Gasteiger partial charge in [0.25, 0.3) is 0 Å². The van der Waals surface area contributed by atoms with Crippen LogP contribution in [0.1, 0.15) is 0 Å². The summed E-state index contributed by atoms with van der Waals surface area (Å²) in [6, 6.07) is 0. The fourth-order valence-electron chi connectivity index (χ4n) is 1.02. The first-order valence-corrected chi connectivity index (χ1v) is 3.68. The van der Waals surface area contributed by atoms with E-state index in [1.807, 2.05) is 0 Å². The first kappa shape index (κ1) is 7.11. The lowest BCUT2D eigenvalue weighted by molar-refractivity contribution is 1.27. The first-order chi connectivity index (χ1) is 5.68. The highest BCUT2D eigenvalue weighted by atomic mass is 32.1. The van der Waals surface area contributed by atoms with E-state index in [1.54, 1.807) is 0 Å². The zero-order valence-corrected chi connectivity index (χ0v) is 6.79. The van der Waals surface area contributed by atoms with Crippen molar-refractivity contribution in [3.8, 4) is 0 Å². The summed E-state index contributed by atoms with van der Waals surface area (Å²) in [5.41, 5.74) is 6.28. The minimum Gasteiger partial charge on any atom is -0.394 e. The molecule has 0 aliphatic rings. The largest absolute Gasteiger partial charge is 0.394 e. The van der Waals surface area contributed by atoms with E-state index in [-0.39, 0.29) is 11.1 Å². The summed E-state index contributed by atoms with van der Waals surface area (Å²) in [6.45, 7) is 0. The molecule has 0 saturated carbocycles. The number of anilines is 1. The summed E-state index contributed by atoms with van der Waals surface area (Å²) >= 11 is 4.81. The van der Waals surface area contributed by atoms with Crippen LogP contribution in [0.2, 0.25) is 0 Å². The number of hydrogen-bond donors (Lipinski definition) is 4. The number of aromatic nitrogens is 3. The van der Waals surface area contributed by atoms with Crippen LogP contribution >= 0.6 is 12.2 Å². The maximum absolute atomic E-state index is 11.3. The summed E-state index contributed by atoms with van der Waals surface area (Å²) < 4.78 is 0.406. The van der Waals surface area contributed by atoms with Crippen molar-refractivity contribution in [2.24, 2.45) is 0 Å². The molecular weight excluding hydrogens is 176 g/mol. The maximum Gasteiger partial charge on any atom is 0.230 e. The lowest BCUT2D eigenvalue weighted by Gasteiger charge is -1.90. The zero-order chi connectivity index (χ0) is 8.72. The van der Waals surface area contributed by atoms with Crippen LogP contribution < -0.4 is 11.2 Å². The third kappa shape index (κ3) is 0.850. The first-order valence-electron chi connectivity index (χ1n) is 3.27. The van der Waals surface area contributed by atoms with E-state index in [4.69, 9.17) is 18.0 Å². The van der Waals surface area contributed by atoms with Gasteiger partial charge in [0.1, 0.15) is 11.2 Å². The number of imidazole rings is 1. The molecule has 0 radical (unpaired) electrons. The number of aromatic amines is 3. The molecular formula is C6H6N4OS. The molecule has 2 heterocycles. The SMILES string of the molecule is Nc1c[nH]c2[nH]c(=S)[nH]c2c1=O. The van der Waals surface area contributed by atoms with Crippen LogP contribution in [0.4, 0.5) is 5.69 Å². The molecule has 6 heteroatoms. The average molecular weight is 182 g/mol. The molecule has 0 saturated heterocycles. The summed E-state index contributed by atoms with van der Waals surface area (Å²) in [5, 5.41) is 0. The van der Waals surface area contributed by atoms with Gasteiger partial charge >= 0.3 is 0 Å². The second-order valence-corrected chi connectivity index (χ2v) is 2.81. The number of fused-ring (bicyclic) bond motifs is 1. The van der Waals surface area contributed by atoms with Gasteiger partial charge in [-0.15, -0.1) is 0 Å². The maximum atomic E-state index is 11.3. The minimum atomic E-state index is -0.240. The average Bonchev–Trinajstić information content (AvgIpc) is 2.39. The molecule has 0 bridgehead atoms. The van der Waals surface area contributed by atoms with E-state index in [1.165, 1.54) is 6.20 Å². The molecule has 2 rings (SSSR count). The Labute approximate surface area is 71.6 Å². The van der Waals surface area contributed by atoms with Gasteiger partial charge in [-0.25, -0.2) is 0 Å². The third-order valence-electron chi connectivity index (χ3n) is 1.59. The molecule has 0 aromatic carbocycles. The molecule has 0 amide bonds. The van der Waals surface area contributed by atoms with Crippen LogP contribution in [0, 0.1) is 4.77 Å². The molecule has 5 nitrogen and oxygen atoms in total. The van der Waals surface area contributed by atoms with Crippen LogP contribution in [0.3, 0.4) is 0 Å². The van der Waals surface area contributed by atoms with Gasteiger partial charge in [-0.05, 0) is 12.2 Å². The summed E-state index contributed by atoms with van der Waals surface area (Å²) in [5.74, 6) is 0. The molecule has 0 spiro atoms. The van der Waals surface area contributed by atoms with Gasteiger partial charge in [0.15, 0.2) is 4.77 Å². The highest BCUT2D eigenvalue weighted by Gasteiger charge is 2.02. The predicted octanol–water partition coefficient (Wildman–Crippen LogP) is 0.496. The van der Waals surface area contributed by atoms with Crippen LogP contribution in [0.5, 0.6) is 0 Å². The minimum absolute atomic E-state index is 0.174. The van der Waals surface area contributed by atoms with E-state index in [9.17, 15) is 4.79 Å². The molecule has 0 fully saturated rings. The van der Waals surface area contributed by atoms with Crippen LogP contribution in [0.25, 0.3) is 11.2 Å². The summed E-state index contributed by atoms with van der Waals surface area (Å²) in [7, 11) is 0. The lowest BCUT2D eigenvalue weighted by atomic mass is 10.4. The topological polar surface area (TPSA) is 90.5 Å². The number of nitrogens with one attached hydrogen (secondary N) is 3. The van der Waals surface area contributed by atoms with Crippen molar-refractivity contribution < 1.29 is 0 Å². The van der Waals surface area contributed by atoms with Gasteiger partial charge in [-0.1, -0.05) is 0 Å². The normalized spacial score (nSPS) is 10.7. The van der Waals surface area contributed by atoms with Crippen LogP contribution in [-0.2, 0) is 0 Å². The van der Waals surface area contributed by atoms with Gasteiger partial charge in [0, 0.05) is 6.20 Å². The van der Waals surface area contributed by atoms with Crippen molar-refractivity contribution in [3.63, 3.8) is 0 Å². The Morgan fingerprint density at radius 3 is 2.92 bits per heavy atom. The number of rotatable bonds is 0. The van der Waals surface area contributed by atoms with Crippen molar-refractivity contribution in [2.45, 2.75) is 0 Å². The van der Waals surface area contributed by atoms with Gasteiger partial charge in [0.2, 0.25) is 5.43 Å². The van der Waals surface area contributed by atoms with Crippen LogP contribution in [-0.4, -0.2) is 15.0 Å². The smallest absolute Gasteiger partial charge is 0.230 e. The third-order valence-corrected chi connectivity index (χ3v) is 1.79. The molecule has 0 unspecified atom stereocenters. The van der Waals surface area contributed by atoms with E-state index in [0.717, 1.165) is 0 Å². The van der Waals surface area contributed by atoms with Crippen molar-refractivity contribution in [3.05, 3.63) is 21.2 Å². The molecule has 0 aliphatic heterocycles. The van der Waals surface area contributed by atoms with Crippen molar-refractivity contribution in [1.29, 1.82) is 0 Å². The van der Waals surface area contributed by atoms with Gasteiger partial charge in [-0.2, -0.15) is 0 Å². The Balaban J connectivity index is 3.10. The highest BCUT2D eigenvalue weighted by molar-refractivity contribution is 7.71. The monoisotopic (exact) mass is 182 g/mol. The molecule has 0 atom stereocenters. The van der Waals surface area contributed by atoms with Gasteiger partial charge in [0.05, 0.1) is 5.69 Å². The summed E-state index contributed by atoms with van der Waals surface area (Å²) in [4.78, 5) is 19.6. The molecule has 12 heavy (non-hydrogen) atoms. The molecule has 5 N–H and O–H groups in total. The highest BCUT2D eigenvalue weighted by Crippen LogP contribution is 2.02. The zero-order valence-electron chi connectivity index (χ0n) is 5.97. The quantitative estimate of drug-likeness (QED) is 0.447. The van der Waals surface area contributed by atoms with Crippen molar-refractivity contribution in [2.75, 3.05) is 5.73 Å². The Bertz CT molecular complexity index is 534. The van der Waals surface area contributed by atoms with Crippen molar-refractivity contribution >= 4 is 29.1 Å².